The van der Waals surface area contributed by atoms with Crippen LogP contribution in [0.3, 0.4) is 0 Å². The van der Waals surface area contributed by atoms with Crippen LogP contribution in [0.1, 0.15) is 18.6 Å². The van der Waals surface area contributed by atoms with Crippen molar-refractivity contribution < 1.29 is 9.84 Å². The number of hydrogen-bond donors (Lipinski definition) is 1. The van der Waals surface area contributed by atoms with Crippen LogP contribution < -0.4 is 4.74 Å². The van der Waals surface area contributed by atoms with E-state index in [4.69, 9.17) is 4.74 Å². The molecule has 0 aliphatic heterocycles. The van der Waals surface area contributed by atoms with Crippen LogP contribution in [0.15, 0.2) is 24.3 Å². The first-order valence-electron chi connectivity index (χ1n) is 6.77. The summed E-state index contributed by atoms with van der Waals surface area (Å²) in [5, 5.41) is 10.3. The number of aliphatic hydroxyl groups excluding tert-OH is 1. The van der Waals surface area contributed by atoms with Gasteiger partial charge in [-0.1, -0.05) is 18.2 Å². The summed E-state index contributed by atoms with van der Waals surface area (Å²) >= 11 is 0. The van der Waals surface area contributed by atoms with Crippen molar-refractivity contribution in [2.75, 3.05) is 47.4 Å². The lowest BCUT2D eigenvalue weighted by molar-refractivity contribution is 0.119. The minimum Gasteiger partial charge on any atom is -0.493 e. The summed E-state index contributed by atoms with van der Waals surface area (Å²) in [5.41, 5.74) is 0.862. The molecule has 0 amide bonds. The Labute approximate surface area is 116 Å². The van der Waals surface area contributed by atoms with E-state index in [0.29, 0.717) is 13.2 Å². The third-order valence-corrected chi connectivity index (χ3v) is 2.99. The largest absolute Gasteiger partial charge is 0.493 e. The first-order chi connectivity index (χ1) is 9.04. The fourth-order valence-electron chi connectivity index (χ4n) is 1.90. The predicted octanol–water partition coefficient (Wildman–Crippen LogP) is 1.61. The molecule has 0 bridgehead atoms. The number of ether oxygens (including phenoxy) is 1. The highest BCUT2D eigenvalue weighted by atomic mass is 16.5. The van der Waals surface area contributed by atoms with Crippen LogP contribution in [-0.4, -0.2) is 62.3 Å². The van der Waals surface area contributed by atoms with Gasteiger partial charge in [0.05, 0.1) is 12.7 Å². The highest BCUT2D eigenvalue weighted by Crippen LogP contribution is 2.25. The molecule has 1 aromatic carbocycles. The Morgan fingerprint density at radius 2 is 1.84 bits per heavy atom. The molecule has 1 N–H and O–H groups in total. The van der Waals surface area contributed by atoms with Crippen molar-refractivity contribution in [3.05, 3.63) is 29.8 Å². The lowest BCUT2D eigenvalue weighted by Gasteiger charge is -2.23. The number of benzene rings is 1. The Hall–Kier alpha value is -1.10. The van der Waals surface area contributed by atoms with Gasteiger partial charge >= 0.3 is 0 Å². The van der Waals surface area contributed by atoms with E-state index in [9.17, 15) is 5.11 Å². The second-order valence-corrected chi connectivity index (χ2v) is 5.05. The topological polar surface area (TPSA) is 35.9 Å². The molecule has 0 radical (unpaired) electrons. The molecule has 1 unspecified atom stereocenters. The first-order valence-corrected chi connectivity index (χ1v) is 6.77. The highest BCUT2D eigenvalue weighted by Gasteiger charge is 2.15. The fourth-order valence-corrected chi connectivity index (χ4v) is 1.90. The molecule has 0 fully saturated rings. The van der Waals surface area contributed by atoms with Crippen molar-refractivity contribution in [1.82, 2.24) is 9.80 Å². The molecule has 0 heterocycles. The summed E-state index contributed by atoms with van der Waals surface area (Å²) < 4.78 is 5.55. The molecule has 0 aliphatic carbocycles. The molecule has 0 spiro atoms. The summed E-state index contributed by atoms with van der Waals surface area (Å²) in [6.45, 7) is 5.09. The third-order valence-electron chi connectivity index (χ3n) is 2.99. The van der Waals surface area contributed by atoms with E-state index in [1.54, 1.807) is 0 Å². The monoisotopic (exact) mass is 266 g/mol. The van der Waals surface area contributed by atoms with Gasteiger partial charge in [0.2, 0.25) is 0 Å². The van der Waals surface area contributed by atoms with Crippen molar-refractivity contribution in [2.45, 2.75) is 13.0 Å². The first kappa shape index (κ1) is 16.0. The van der Waals surface area contributed by atoms with Crippen LogP contribution in [0.2, 0.25) is 0 Å². The van der Waals surface area contributed by atoms with E-state index in [-0.39, 0.29) is 0 Å². The minimum absolute atomic E-state index is 0.519. The van der Waals surface area contributed by atoms with Crippen molar-refractivity contribution in [3.8, 4) is 5.75 Å². The summed E-state index contributed by atoms with van der Waals surface area (Å²) in [7, 11) is 6.12. The summed E-state index contributed by atoms with van der Waals surface area (Å²) in [4.78, 5) is 4.27. The van der Waals surface area contributed by atoms with Crippen LogP contribution >= 0.6 is 0 Å². The molecule has 0 aromatic heterocycles. The van der Waals surface area contributed by atoms with E-state index in [2.05, 4.69) is 23.9 Å². The maximum absolute atomic E-state index is 10.3. The van der Waals surface area contributed by atoms with E-state index in [1.165, 1.54) is 0 Å². The molecule has 0 saturated heterocycles. The Morgan fingerprint density at radius 3 is 2.47 bits per heavy atom. The molecule has 1 rings (SSSR count). The van der Waals surface area contributed by atoms with Crippen LogP contribution in [0.25, 0.3) is 0 Å². The van der Waals surface area contributed by atoms with Crippen LogP contribution in [0, 0.1) is 0 Å². The molecule has 1 aromatic rings. The van der Waals surface area contributed by atoms with E-state index in [1.807, 2.05) is 38.2 Å². The molecular formula is C15H26N2O2. The van der Waals surface area contributed by atoms with Gasteiger partial charge in [0.25, 0.3) is 0 Å². The predicted molar refractivity (Wildman–Crippen MR) is 78.6 cm³/mol. The average Bonchev–Trinajstić information content (AvgIpc) is 2.37. The molecular weight excluding hydrogens is 240 g/mol. The third kappa shape index (κ3) is 5.59. The molecule has 0 saturated carbocycles. The standard InChI is InChI=1S/C15H26N2O2/c1-5-19-15-9-7-6-8-13(15)14(18)12-17(4)11-10-16(2)3/h6-9,14,18H,5,10-12H2,1-4H3. The molecule has 19 heavy (non-hydrogen) atoms. The number of rotatable bonds is 8. The van der Waals surface area contributed by atoms with Gasteiger partial charge in [-0.15, -0.1) is 0 Å². The van der Waals surface area contributed by atoms with Crippen molar-refractivity contribution in [1.29, 1.82) is 0 Å². The number of likely N-dealkylation sites (N-methyl/N-ethyl adjacent to an activating group) is 2. The Morgan fingerprint density at radius 1 is 1.16 bits per heavy atom. The summed E-state index contributed by atoms with van der Waals surface area (Å²) in [6.07, 6.45) is -0.519. The summed E-state index contributed by atoms with van der Waals surface area (Å²) in [6, 6.07) is 7.69. The molecule has 108 valence electrons. The summed E-state index contributed by atoms with van der Waals surface area (Å²) in [5.74, 6) is 0.776. The van der Waals surface area contributed by atoms with Gasteiger partial charge in [-0.25, -0.2) is 0 Å². The van der Waals surface area contributed by atoms with Crippen molar-refractivity contribution in [3.63, 3.8) is 0 Å². The van der Waals surface area contributed by atoms with E-state index < -0.39 is 6.10 Å². The van der Waals surface area contributed by atoms with E-state index in [0.717, 1.165) is 24.4 Å². The van der Waals surface area contributed by atoms with Crippen LogP contribution in [-0.2, 0) is 0 Å². The van der Waals surface area contributed by atoms with E-state index >= 15 is 0 Å². The maximum Gasteiger partial charge on any atom is 0.125 e. The molecule has 4 heteroatoms. The van der Waals surface area contributed by atoms with Crippen molar-refractivity contribution in [2.24, 2.45) is 0 Å². The Kier molecular flexibility index (Phi) is 6.84. The molecule has 4 nitrogen and oxygen atoms in total. The van der Waals surface area contributed by atoms with Gasteiger partial charge < -0.3 is 19.6 Å². The average molecular weight is 266 g/mol. The van der Waals surface area contributed by atoms with Gasteiger partial charge in [-0.05, 0) is 34.1 Å². The zero-order valence-corrected chi connectivity index (χ0v) is 12.5. The van der Waals surface area contributed by atoms with Crippen molar-refractivity contribution >= 4 is 0 Å². The smallest absolute Gasteiger partial charge is 0.125 e. The van der Waals surface area contributed by atoms with Gasteiger partial charge in [0.15, 0.2) is 0 Å². The zero-order chi connectivity index (χ0) is 14.3. The van der Waals surface area contributed by atoms with Crippen LogP contribution in [0.5, 0.6) is 5.75 Å². The molecule has 0 aliphatic rings. The number of hydrogen-bond acceptors (Lipinski definition) is 4. The number of para-hydroxylation sites is 1. The fraction of sp³-hybridized carbons (Fsp3) is 0.600. The quantitative estimate of drug-likeness (QED) is 0.775. The minimum atomic E-state index is -0.519. The van der Waals surface area contributed by atoms with Crippen LogP contribution in [0.4, 0.5) is 0 Å². The maximum atomic E-state index is 10.3. The molecule has 1 atom stereocenters. The lowest BCUT2D eigenvalue weighted by atomic mass is 10.1. The van der Waals surface area contributed by atoms with Gasteiger partial charge in [0.1, 0.15) is 5.75 Å². The highest BCUT2D eigenvalue weighted by molar-refractivity contribution is 5.35. The number of nitrogens with zero attached hydrogens (tertiary/aromatic N) is 2. The number of aliphatic hydroxyl groups is 1. The van der Waals surface area contributed by atoms with Gasteiger partial charge in [-0.2, -0.15) is 0 Å². The Bertz CT molecular complexity index is 369. The lowest BCUT2D eigenvalue weighted by Crippen LogP contribution is -2.31. The SMILES string of the molecule is CCOc1ccccc1C(O)CN(C)CCN(C)C. The normalized spacial score (nSPS) is 13.0. The Balaban J connectivity index is 2.59. The van der Waals surface area contributed by atoms with Gasteiger partial charge in [0, 0.05) is 25.2 Å². The van der Waals surface area contributed by atoms with Gasteiger partial charge in [-0.3, -0.25) is 0 Å². The zero-order valence-electron chi connectivity index (χ0n) is 12.5. The second-order valence-electron chi connectivity index (χ2n) is 5.05. The second kappa shape index (κ2) is 8.15.